The fraction of sp³-hybridized carbons (Fsp3) is 0.158. The number of halogens is 3. The first-order valence-corrected chi connectivity index (χ1v) is 8.04. The first-order chi connectivity index (χ1) is 12.8. The number of methoxy groups -OCH3 is 1. The zero-order valence-corrected chi connectivity index (χ0v) is 15.2. The molecule has 0 fully saturated rings. The normalized spacial score (nSPS) is 11.1. The number of hydrogen-bond acceptors (Lipinski definition) is 4. The molecular formula is C19H15ClF2N2O3. The Hall–Kier alpha value is -3.11. The average molecular weight is 393 g/mol. The minimum absolute atomic E-state index is 0.145. The number of ether oxygens (including phenoxy) is 2. The molecule has 0 aliphatic rings. The molecule has 0 aliphatic carbocycles. The number of benzene rings is 2. The summed E-state index contributed by atoms with van der Waals surface area (Å²) in [6, 6.07) is 10.7. The molecule has 27 heavy (non-hydrogen) atoms. The molecule has 0 radical (unpaired) electrons. The van der Waals surface area contributed by atoms with Crippen molar-refractivity contribution in [2.45, 2.75) is 13.5 Å². The molecule has 5 nitrogen and oxygen atoms in total. The summed E-state index contributed by atoms with van der Waals surface area (Å²) in [4.78, 5) is 12.5. The molecule has 0 spiro atoms. The lowest BCUT2D eigenvalue weighted by Crippen LogP contribution is -2.14. The Labute approximate surface area is 159 Å². The summed E-state index contributed by atoms with van der Waals surface area (Å²) in [5.41, 5.74) is 0.896. The Kier molecular flexibility index (Phi) is 6.74. The number of nitrogens with zero attached hydrogens (tertiary/aromatic N) is 1. The van der Waals surface area contributed by atoms with Gasteiger partial charge in [-0.1, -0.05) is 29.8 Å². The quantitative estimate of drug-likeness (QED) is 0.566. The summed E-state index contributed by atoms with van der Waals surface area (Å²) >= 11 is 6.03. The van der Waals surface area contributed by atoms with Crippen molar-refractivity contribution in [3.05, 3.63) is 58.1 Å². The third kappa shape index (κ3) is 5.19. The average Bonchev–Trinajstić information content (AvgIpc) is 2.63. The number of nitrogens with one attached hydrogen (secondary N) is 1. The first-order valence-electron chi connectivity index (χ1n) is 7.66. The topological polar surface area (TPSA) is 71.3 Å². The summed E-state index contributed by atoms with van der Waals surface area (Å²) in [6.45, 7) is -1.28. The van der Waals surface area contributed by atoms with Gasteiger partial charge in [-0.3, -0.25) is 4.79 Å². The molecule has 2 rings (SSSR count). The van der Waals surface area contributed by atoms with Crippen LogP contribution in [0, 0.1) is 18.3 Å². The molecule has 0 bridgehead atoms. The van der Waals surface area contributed by atoms with E-state index in [0.29, 0.717) is 22.0 Å². The van der Waals surface area contributed by atoms with Crippen molar-refractivity contribution in [2.75, 3.05) is 12.4 Å². The molecule has 0 saturated heterocycles. The van der Waals surface area contributed by atoms with Gasteiger partial charge < -0.3 is 14.8 Å². The minimum Gasteiger partial charge on any atom is -0.495 e. The summed E-state index contributed by atoms with van der Waals surface area (Å²) < 4.78 is 34.6. The Bertz CT molecular complexity index is 924. The fourth-order valence-corrected chi connectivity index (χ4v) is 2.38. The molecule has 0 unspecified atom stereocenters. The van der Waals surface area contributed by atoms with Gasteiger partial charge in [0.1, 0.15) is 23.1 Å². The largest absolute Gasteiger partial charge is 0.495 e. The third-order valence-corrected chi connectivity index (χ3v) is 3.94. The van der Waals surface area contributed by atoms with E-state index in [1.54, 1.807) is 25.1 Å². The Balaban J connectivity index is 2.34. The highest BCUT2D eigenvalue weighted by atomic mass is 35.5. The zero-order chi connectivity index (χ0) is 20.0. The molecule has 140 valence electrons. The zero-order valence-electron chi connectivity index (χ0n) is 14.4. The van der Waals surface area contributed by atoms with Crippen LogP contribution >= 0.6 is 11.6 Å². The second-order valence-electron chi connectivity index (χ2n) is 5.34. The summed E-state index contributed by atoms with van der Waals surface area (Å²) in [7, 11) is 1.41. The van der Waals surface area contributed by atoms with E-state index < -0.39 is 12.5 Å². The van der Waals surface area contributed by atoms with Gasteiger partial charge in [-0.05, 0) is 30.7 Å². The van der Waals surface area contributed by atoms with Crippen molar-refractivity contribution in [3.63, 3.8) is 0 Å². The summed E-state index contributed by atoms with van der Waals surface area (Å²) in [5.74, 6) is -0.560. The predicted octanol–water partition coefficient (Wildman–Crippen LogP) is 4.80. The number of aryl methyl sites for hydroxylation is 1. The van der Waals surface area contributed by atoms with E-state index >= 15 is 0 Å². The Morgan fingerprint density at radius 2 is 2.00 bits per heavy atom. The van der Waals surface area contributed by atoms with Crippen LogP contribution in [0.1, 0.15) is 11.1 Å². The van der Waals surface area contributed by atoms with E-state index in [0.717, 1.165) is 0 Å². The smallest absolute Gasteiger partial charge is 0.387 e. The van der Waals surface area contributed by atoms with Crippen molar-refractivity contribution in [1.29, 1.82) is 5.26 Å². The lowest BCUT2D eigenvalue weighted by Gasteiger charge is -2.12. The third-order valence-electron chi connectivity index (χ3n) is 3.53. The maximum Gasteiger partial charge on any atom is 0.387 e. The van der Waals surface area contributed by atoms with Gasteiger partial charge in [0.25, 0.3) is 5.91 Å². The number of rotatable bonds is 6. The SMILES string of the molecule is COc1cc(Cl)c(C)cc1NC(=O)C(C#N)=Cc1ccccc1OC(F)F. The van der Waals surface area contributed by atoms with Crippen molar-refractivity contribution in [2.24, 2.45) is 0 Å². The van der Waals surface area contributed by atoms with Gasteiger partial charge in [-0.25, -0.2) is 0 Å². The number of anilines is 1. The van der Waals surface area contributed by atoms with Crippen LogP contribution in [-0.2, 0) is 4.79 Å². The van der Waals surface area contributed by atoms with Gasteiger partial charge in [0, 0.05) is 16.7 Å². The van der Waals surface area contributed by atoms with Crippen molar-refractivity contribution >= 4 is 29.3 Å². The van der Waals surface area contributed by atoms with E-state index in [1.165, 1.54) is 37.5 Å². The Morgan fingerprint density at radius 3 is 2.63 bits per heavy atom. The molecule has 2 aromatic carbocycles. The molecule has 0 atom stereocenters. The van der Waals surface area contributed by atoms with Crippen LogP contribution in [0.4, 0.5) is 14.5 Å². The standard InChI is InChI=1S/C19H15ClF2N2O3/c1-11-7-15(17(26-2)9-14(11)20)24-18(25)13(10-23)8-12-5-3-4-6-16(12)27-19(21)22/h3-9,19H,1-2H3,(H,24,25). The monoisotopic (exact) mass is 392 g/mol. The number of carbonyl (C=O) groups excluding carboxylic acids is 1. The highest BCUT2D eigenvalue weighted by molar-refractivity contribution is 6.31. The molecule has 8 heteroatoms. The maximum absolute atomic E-state index is 12.5. The second kappa shape index (κ2) is 9.01. The number of para-hydroxylation sites is 1. The highest BCUT2D eigenvalue weighted by Crippen LogP contribution is 2.31. The van der Waals surface area contributed by atoms with Crippen LogP contribution in [0.2, 0.25) is 5.02 Å². The number of nitriles is 1. The van der Waals surface area contributed by atoms with Gasteiger partial charge in [0.15, 0.2) is 0 Å². The minimum atomic E-state index is -3.03. The van der Waals surface area contributed by atoms with Crippen molar-refractivity contribution in [3.8, 4) is 17.6 Å². The van der Waals surface area contributed by atoms with E-state index in [-0.39, 0.29) is 16.9 Å². The van der Waals surface area contributed by atoms with Crippen molar-refractivity contribution < 1.29 is 23.0 Å². The van der Waals surface area contributed by atoms with Gasteiger partial charge in [0.05, 0.1) is 12.8 Å². The van der Waals surface area contributed by atoms with E-state index in [1.807, 2.05) is 0 Å². The van der Waals surface area contributed by atoms with E-state index in [4.69, 9.17) is 16.3 Å². The molecule has 0 aliphatic heterocycles. The lowest BCUT2D eigenvalue weighted by atomic mass is 10.1. The van der Waals surface area contributed by atoms with E-state index in [2.05, 4.69) is 10.1 Å². The molecular weight excluding hydrogens is 378 g/mol. The van der Waals surface area contributed by atoms with Gasteiger partial charge in [-0.15, -0.1) is 0 Å². The van der Waals surface area contributed by atoms with Crippen LogP contribution in [0.3, 0.4) is 0 Å². The number of carbonyl (C=O) groups is 1. The Morgan fingerprint density at radius 1 is 1.30 bits per heavy atom. The van der Waals surface area contributed by atoms with Crippen LogP contribution in [0.15, 0.2) is 42.0 Å². The lowest BCUT2D eigenvalue weighted by molar-refractivity contribution is -0.112. The maximum atomic E-state index is 12.5. The molecule has 0 saturated carbocycles. The van der Waals surface area contributed by atoms with Crippen LogP contribution < -0.4 is 14.8 Å². The summed E-state index contributed by atoms with van der Waals surface area (Å²) in [6.07, 6.45) is 1.17. The van der Waals surface area contributed by atoms with Gasteiger partial charge >= 0.3 is 6.61 Å². The van der Waals surface area contributed by atoms with Gasteiger partial charge in [0.2, 0.25) is 0 Å². The highest BCUT2D eigenvalue weighted by Gasteiger charge is 2.15. The van der Waals surface area contributed by atoms with E-state index in [9.17, 15) is 18.8 Å². The number of alkyl halides is 2. The number of hydrogen-bond donors (Lipinski definition) is 1. The molecule has 1 amide bonds. The molecule has 0 heterocycles. The fourth-order valence-electron chi connectivity index (χ4n) is 2.23. The molecule has 0 aromatic heterocycles. The van der Waals surface area contributed by atoms with Gasteiger partial charge in [-0.2, -0.15) is 14.0 Å². The van der Waals surface area contributed by atoms with Crippen molar-refractivity contribution in [1.82, 2.24) is 0 Å². The van der Waals surface area contributed by atoms with Crippen LogP contribution in [0.25, 0.3) is 6.08 Å². The van der Waals surface area contributed by atoms with Crippen LogP contribution in [-0.4, -0.2) is 19.6 Å². The number of amides is 1. The summed E-state index contributed by atoms with van der Waals surface area (Å²) in [5, 5.41) is 12.3. The molecule has 2 aromatic rings. The molecule has 1 N–H and O–H groups in total. The predicted molar refractivity (Wildman–Crippen MR) is 98.0 cm³/mol. The van der Waals surface area contributed by atoms with Crippen LogP contribution in [0.5, 0.6) is 11.5 Å². The second-order valence-corrected chi connectivity index (χ2v) is 5.75. The first kappa shape index (κ1) is 20.2.